The Balaban J connectivity index is 2.33. The van der Waals surface area contributed by atoms with Gasteiger partial charge >= 0.3 is 5.97 Å². The molecule has 0 atom stereocenters. The van der Waals surface area contributed by atoms with Gasteiger partial charge in [0.1, 0.15) is 0 Å². The van der Waals surface area contributed by atoms with Crippen LogP contribution in [0.3, 0.4) is 0 Å². The summed E-state index contributed by atoms with van der Waals surface area (Å²) in [5.41, 5.74) is 5.34. The lowest BCUT2D eigenvalue weighted by Gasteiger charge is -1.97. The molecule has 0 aliphatic rings. The summed E-state index contributed by atoms with van der Waals surface area (Å²) in [6.07, 6.45) is 0.573. The summed E-state index contributed by atoms with van der Waals surface area (Å²) in [7, 11) is 0. The van der Waals surface area contributed by atoms with Gasteiger partial charge in [-0.1, -0.05) is 5.10 Å². The molecule has 66 valence electrons. The first-order chi connectivity index (χ1) is 5.70. The van der Waals surface area contributed by atoms with E-state index >= 15 is 0 Å². The van der Waals surface area contributed by atoms with Gasteiger partial charge in [-0.25, -0.2) is 4.68 Å². The number of anilines is 1. The number of carboxylic acid groups (broad SMARTS) is 1. The molecule has 0 amide bonds. The van der Waals surface area contributed by atoms with E-state index in [1.54, 1.807) is 0 Å². The van der Waals surface area contributed by atoms with Gasteiger partial charge in [0.2, 0.25) is 5.95 Å². The van der Waals surface area contributed by atoms with Crippen molar-refractivity contribution in [3.63, 3.8) is 0 Å². The monoisotopic (exact) mass is 171 g/mol. The molecule has 7 nitrogen and oxygen atoms in total. The molecule has 12 heavy (non-hydrogen) atoms. The highest BCUT2D eigenvalue weighted by atomic mass is 16.4. The summed E-state index contributed by atoms with van der Waals surface area (Å²) in [4.78, 5) is 10.1. The van der Waals surface area contributed by atoms with E-state index in [2.05, 4.69) is 15.5 Å². The van der Waals surface area contributed by atoms with E-state index in [9.17, 15) is 4.79 Å². The lowest BCUT2D eigenvalue weighted by Crippen LogP contribution is -2.07. The van der Waals surface area contributed by atoms with Gasteiger partial charge < -0.3 is 10.8 Å². The van der Waals surface area contributed by atoms with Gasteiger partial charge in [0.05, 0.1) is 0 Å². The number of aryl methyl sites for hydroxylation is 1. The smallest absolute Gasteiger partial charge is 0.303 e. The largest absolute Gasteiger partial charge is 0.481 e. The lowest BCUT2D eigenvalue weighted by atomic mass is 10.3. The third-order valence-electron chi connectivity index (χ3n) is 1.32. The van der Waals surface area contributed by atoms with E-state index < -0.39 is 5.97 Å². The summed E-state index contributed by atoms with van der Waals surface area (Å²) in [5, 5.41) is 18.6. The highest BCUT2D eigenvalue weighted by molar-refractivity contribution is 5.66. The van der Waals surface area contributed by atoms with Gasteiger partial charge in [-0.15, -0.1) is 0 Å². The normalized spacial score (nSPS) is 10.0. The number of aliphatic carboxylic acids is 1. The van der Waals surface area contributed by atoms with Crippen LogP contribution in [0.4, 0.5) is 5.95 Å². The van der Waals surface area contributed by atoms with Gasteiger partial charge in [0.25, 0.3) is 0 Å². The summed E-state index contributed by atoms with van der Waals surface area (Å²) in [5.74, 6) is -0.623. The Morgan fingerprint density at radius 1 is 1.67 bits per heavy atom. The molecule has 3 N–H and O–H groups in total. The third kappa shape index (κ3) is 2.19. The Hall–Kier alpha value is -1.66. The van der Waals surface area contributed by atoms with Crippen LogP contribution >= 0.6 is 0 Å². The van der Waals surface area contributed by atoms with E-state index in [0.29, 0.717) is 13.0 Å². The molecule has 0 aromatic carbocycles. The van der Waals surface area contributed by atoms with E-state index in [4.69, 9.17) is 10.8 Å². The van der Waals surface area contributed by atoms with Crippen molar-refractivity contribution in [2.75, 3.05) is 5.73 Å². The second-order valence-electron chi connectivity index (χ2n) is 2.26. The van der Waals surface area contributed by atoms with Gasteiger partial charge in [-0.05, 0) is 16.8 Å². The molecule has 1 aromatic heterocycles. The molecule has 1 rings (SSSR count). The molecule has 7 heteroatoms. The summed E-state index contributed by atoms with van der Waals surface area (Å²) < 4.78 is 1.36. The first-order valence-corrected chi connectivity index (χ1v) is 3.43. The minimum absolute atomic E-state index is 0.0965. The Kier molecular flexibility index (Phi) is 2.57. The van der Waals surface area contributed by atoms with Crippen LogP contribution in [0.25, 0.3) is 0 Å². The number of tetrazole rings is 1. The Morgan fingerprint density at radius 3 is 2.92 bits per heavy atom. The fourth-order valence-electron chi connectivity index (χ4n) is 0.751. The number of rotatable bonds is 4. The number of hydrogen-bond donors (Lipinski definition) is 2. The van der Waals surface area contributed by atoms with Crippen LogP contribution in [0.2, 0.25) is 0 Å². The zero-order chi connectivity index (χ0) is 8.97. The van der Waals surface area contributed by atoms with E-state index in [1.807, 2.05) is 0 Å². The number of hydrogen-bond acceptors (Lipinski definition) is 5. The molecule has 0 unspecified atom stereocenters. The van der Waals surface area contributed by atoms with E-state index in [-0.39, 0.29) is 12.4 Å². The maximum absolute atomic E-state index is 10.1. The standard InChI is InChI=1S/C5H9N5O2/c6-5-7-8-9-10(5)3-1-2-4(11)12/h1-3H2,(H,11,12)(H2,6,7,9). The number of nitrogens with zero attached hydrogens (tertiary/aromatic N) is 4. The quantitative estimate of drug-likeness (QED) is 0.609. The van der Waals surface area contributed by atoms with Crippen LogP contribution < -0.4 is 5.73 Å². The molecule has 0 bridgehead atoms. The number of carboxylic acids is 1. The van der Waals surface area contributed by atoms with Crippen molar-refractivity contribution in [1.82, 2.24) is 20.2 Å². The Morgan fingerprint density at radius 2 is 2.42 bits per heavy atom. The van der Waals surface area contributed by atoms with Crippen LogP contribution in [0.1, 0.15) is 12.8 Å². The third-order valence-corrected chi connectivity index (χ3v) is 1.32. The Bertz CT molecular complexity index is 271. The first-order valence-electron chi connectivity index (χ1n) is 3.43. The van der Waals surface area contributed by atoms with Crippen LogP contribution in [-0.2, 0) is 11.3 Å². The van der Waals surface area contributed by atoms with Crippen molar-refractivity contribution in [2.45, 2.75) is 19.4 Å². The predicted molar refractivity (Wildman–Crippen MR) is 39.1 cm³/mol. The molecule has 0 saturated heterocycles. The molecule has 0 aliphatic carbocycles. The van der Waals surface area contributed by atoms with Crippen LogP contribution in [0.15, 0.2) is 0 Å². The highest BCUT2D eigenvalue weighted by Gasteiger charge is 2.01. The minimum atomic E-state index is -0.832. The SMILES string of the molecule is Nc1nnnn1CCCC(=O)O. The fraction of sp³-hybridized carbons (Fsp3) is 0.600. The molecular weight excluding hydrogens is 162 g/mol. The summed E-state index contributed by atoms with van der Waals surface area (Å²) in [6.45, 7) is 0.436. The van der Waals surface area contributed by atoms with Crippen LogP contribution in [0.5, 0.6) is 0 Å². The topological polar surface area (TPSA) is 107 Å². The van der Waals surface area contributed by atoms with Crippen molar-refractivity contribution in [3.05, 3.63) is 0 Å². The molecule has 1 heterocycles. The molecule has 0 radical (unpaired) electrons. The lowest BCUT2D eigenvalue weighted by molar-refractivity contribution is -0.137. The average molecular weight is 171 g/mol. The molecule has 0 spiro atoms. The summed E-state index contributed by atoms with van der Waals surface area (Å²) in [6, 6.07) is 0. The zero-order valence-corrected chi connectivity index (χ0v) is 6.34. The number of aromatic nitrogens is 4. The van der Waals surface area contributed by atoms with Crippen molar-refractivity contribution >= 4 is 11.9 Å². The van der Waals surface area contributed by atoms with Gasteiger partial charge in [-0.2, -0.15) is 0 Å². The second-order valence-corrected chi connectivity index (χ2v) is 2.26. The fourth-order valence-corrected chi connectivity index (χ4v) is 0.751. The average Bonchev–Trinajstić information content (AvgIpc) is 2.36. The van der Waals surface area contributed by atoms with Gasteiger partial charge in [0, 0.05) is 13.0 Å². The van der Waals surface area contributed by atoms with Crippen molar-refractivity contribution in [2.24, 2.45) is 0 Å². The molecule has 1 aromatic rings. The molecule has 0 aliphatic heterocycles. The maximum Gasteiger partial charge on any atom is 0.303 e. The number of nitrogen functional groups attached to an aromatic ring is 1. The van der Waals surface area contributed by atoms with Gasteiger partial charge in [0.15, 0.2) is 0 Å². The molecule has 0 saturated carbocycles. The van der Waals surface area contributed by atoms with Crippen molar-refractivity contribution < 1.29 is 9.90 Å². The van der Waals surface area contributed by atoms with E-state index in [1.165, 1.54) is 4.68 Å². The summed E-state index contributed by atoms with van der Waals surface area (Å²) >= 11 is 0. The van der Waals surface area contributed by atoms with Gasteiger partial charge in [-0.3, -0.25) is 4.79 Å². The highest BCUT2D eigenvalue weighted by Crippen LogP contribution is 1.97. The van der Waals surface area contributed by atoms with Crippen molar-refractivity contribution in [1.29, 1.82) is 0 Å². The van der Waals surface area contributed by atoms with E-state index in [0.717, 1.165) is 0 Å². The first kappa shape index (κ1) is 8.44. The molecular formula is C5H9N5O2. The second kappa shape index (κ2) is 3.65. The van der Waals surface area contributed by atoms with Crippen molar-refractivity contribution in [3.8, 4) is 0 Å². The predicted octanol–water partition coefficient (Wildman–Crippen LogP) is -0.880. The number of nitrogens with two attached hydrogens (primary N) is 1. The van der Waals surface area contributed by atoms with Crippen LogP contribution in [-0.4, -0.2) is 31.3 Å². The van der Waals surface area contributed by atoms with Crippen LogP contribution in [0, 0.1) is 0 Å². The minimum Gasteiger partial charge on any atom is -0.481 e. The maximum atomic E-state index is 10.1. The molecule has 0 fully saturated rings. The number of carbonyl (C=O) groups is 1. The zero-order valence-electron chi connectivity index (χ0n) is 6.34. The Labute approximate surface area is 68.2 Å².